The molecule has 0 spiro atoms. The molecular formula is C27H34N10. The monoisotopic (exact) mass is 498 g/mol. The third kappa shape index (κ3) is 7.56. The van der Waals surface area contributed by atoms with Crippen molar-refractivity contribution in [3.63, 3.8) is 0 Å². The van der Waals surface area contributed by atoms with Crippen molar-refractivity contribution in [2.45, 2.75) is 27.7 Å². The third-order valence-electron chi connectivity index (χ3n) is 6.22. The van der Waals surface area contributed by atoms with Gasteiger partial charge in [0.15, 0.2) is 0 Å². The molecule has 0 aliphatic carbocycles. The first-order valence-electron chi connectivity index (χ1n) is 12.4. The average molecular weight is 499 g/mol. The van der Waals surface area contributed by atoms with Gasteiger partial charge in [0.25, 0.3) is 0 Å². The van der Waals surface area contributed by atoms with Gasteiger partial charge in [-0.15, -0.1) is 10.2 Å². The molecule has 0 saturated carbocycles. The highest BCUT2D eigenvalue weighted by Crippen LogP contribution is 2.29. The topological polar surface area (TPSA) is 110 Å². The Morgan fingerprint density at radius 2 is 1.03 bits per heavy atom. The van der Waals surface area contributed by atoms with Crippen LogP contribution in [-0.2, 0) is 0 Å². The Balaban J connectivity index is 1.39. The van der Waals surface area contributed by atoms with Gasteiger partial charge in [0.1, 0.15) is 0 Å². The van der Waals surface area contributed by atoms with Gasteiger partial charge >= 0.3 is 0 Å². The number of nitriles is 2. The minimum absolute atomic E-state index is 0.0578. The molecule has 0 atom stereocenters. The smallest absolute Gasteiger partial charge is 0.0991 e. The Morgan fingerprint density at radius 1 is 0.649 bits per heavy atom. The molecule has 10 heteroatoms. The highest BCUT2D eigenvalue weighted by Gasteiger charge is 2.35. The van der Waals surface area contributed by atoms with E-state index in [2.05, 4.69) is 70.3 Å². The Bertz CT molecular complexity index is 1110. The van der Waals surface area contributed by atoms with E-state index in [1.54, 1.807) is 24.3 Å². The van der Waals surface area contributed by atoms with Crippen LogP contribution in [0.15, 0.2) is 69.2 Å². The van der Waals surface area contributed by atoms with Crippen LogP contribution < -0.4 is 0 Å². The highest BCUT2D eigenvalue weighted by molar-refractivity contribution is 5.42. The summed E-state index contributed by atoms with van der Waals surface area (Å²) in [5, 5.41) is 39.8. The van der Waals surface area contributed by atoms with E-state index in [-0.39, 0.29) is 10.8 Å². The van der Waals surface area contributed by atoms with Gasteiger partial charge in [0, 0.05) is 26.2 Å². The molecule has 2 saturated heterocycles. The standard InChI is InChI=1S/C27H34N10/c1-26(2)15-34(20-36(17-26)32-30-24-9-5-22(13-28)6-10-24)19-35-16-27(3,4)18-37(21-35)33-31-25-11-7-23(14-29)8-12-25/h5-12H,15-21H2,1-4H3. The predicted octanol–water partition coefficient (Wildman–Crippen LogP) is 5.29. The molecule has 37 heavy (non-hydrogen) atoms. The number of benzene rings is 2. The number of hydrogen-bond donors (Lipinski definition) is 0. The molecule has 0 amide bonds. The van der Waals surface area contributed by atoms with Crippen molar-refractivity contribution >= 4 is 11.4 Å². The van der Waals surface area contributed by atoms with Crippen LogP contribution in [0.1, 0.15) is 38.8 Å². The van der Waals surface area contributed by atoms with E-state index in [4.69, 9.17) is 10.5 Å². The van der Waals surface area contributed by atoms with Crippen molar-refractivity contribution in [2.75, 3.05) is 46.2 Å². The van der Waals surface area contributed by atoms with E-state index in [0.717, 1.165) is 44.2 Å². The van der Waals surface area contributed by atoms with E-state index >= 15 is 0 Å². The Hall–Kier alpha value is -3.86. The van der Waals surface area contributed by atoms with E-state index < -0.39 is 0 Å². The summed E-state index contributed by atoms with van der Waals surface area (Å²) in [6.07, 6.45) is 0. The molecule has 2 aliphatic heterocycles. The Kier molecular flexibility index (Phi) is 7.82. The van der Waals surface area contributed by atoms with Crippen molar-refractivity contribution in [1.82, 2.24) is 19.8 Å². The van der Waals surface area contributed by atoms with Crippen LogP contribution >= 0.6 is 0 Å². The predicted molar refractivity (Wildman–Crippen MR) is 140 cm³/mol. The van der Waals surface area contributed by atoms with Crippen molar-refractivity contribution in [2.24, 2.45) is 31.5 Å². The SMILES string of the molecule is CC1(C)CN(CN2CN(N=Nc3ccc(C#N)cc3)CC(C)(C)C2)CN(N=Nc2ccc(C#N)cc2)C1. The molecular weight excluding hydrogens is 464 g/mol. The molecule has 4 rings (SSSR count). The lowest BCUT2D eigenvalue weighted by atomic mass is 9.90. The molecule has 192 valence electrons. The summed E-state index contributed by atoms with van der Waals surface area (Å²) in [5.41, 5.74) is 2.80. The fourth-order valence-electron chi connectivity index (χ4n) is 4.99. The van der Waals surface area contributed by atoms with E-state index in [9.17, 15) is 0 Å². The second kappa shape index (κ2) is 11.0. The molecule has 0 N–H and O–H groups in total. The maximum absolute atomic E-state index is 8.99. The fraction of sp³-hybridized carbons (Fsp3) is 0.481. The van der Waals surface area contributed by atoms with Gasteiger partial charge in [-0.3, -0.25) is 19.8 Å². The molecule has 0 unspecified atom stereocenters. The van der Waals surface area contributed by atoms with Crippen molar-refractivity contribution < 1.29 is 0 Å². The maximum atomic E-state index is 8.99. The molecule has 2 heterocycles. The first-order valence-corrected chi connectivity index (χ1v) is 12.4. The summed E-state index contributed by atoms with van der Waals surface area (Å²) < 4.78 is 0. The molecule has 2 fully saturated rings. The maximum Gasteiger partial charge on any atom is 0.0991 e. The first kappa shape index (κ1) is 26.2. The second-order valence-electron chi connectivity index (χ2n) is 11.4. The van der Waals surface area contributed by atoms with Crippen LogP contribution in [0.5, 0.6) is 0 Å². The highest BCUT2D eigenvalue weighted by atomic mass is 15.6. The molecule has 0 bridgehead atoms. The van der Waals surface area contributed by atoms with Crippen LogP contribution in [-0.4, -0.2) is 66.0 Å². The molecule has 10 nitrogen and oxygen atoms in total. The van der Waals surface area contributed by atoms with Crippen LogP contribution in [0.25, 0.3) is 0 Å². The zero-order valence-corrected chi connectivity index (χ0v) is 22.0. The lowest BCUT2D eigenvalue weighted by Gasteiger charge is -2.47. The average Bonchev–Trinajstić information content (AvgIpc) is 2.85. The lowest BCUT2D eigenvalue weighted by molar-refractivity contribution is -0.0654. The minimum atomic E-state index is 0.0578. The van der Waals surface area contributed by atoms with Gasteiger partial charge in [-0.25, -0.2) is 0 Å². The summed E-state index contributed by atoms with van der Waals surface area (Å²) in [4.78, 5) is 4.80. The van der Waals surface area contributed by atoms with Gasteiger partial charge in [0.05, 0.1) is 54.6 Å². The van der Waals surface area contributed by atoms with Gasteiger partial charge in [0.2, 0.25) is 0 Å². The second-order valence-corrected chi connectivity index (χ2v) is 11.4. The summed E-state index contributed by atoms with van der Waals surface area (Å²) in [6, 6.07) is 18.5. The summed E-state index contributed by atoms with van der Waals surface area (Å²) in [5.74, 6) is 0. The van der Waals surface area contributed by atoms with Gasteiger partial charge < -0.3 is 0 Å². The Labute approximate surface area is 219 Å². The normalized spacial score (nSPS) is 20.3. The Morgan fingerprint density at radius 3 is 1.38 bits per heavy atom. The largest absolute Gasteiger partial charge is 0.271 e. The van der Waals surface area contributed by atoms with Crippen LogP contribution in [0.4, 0.5) is 11.4 Å². The minimum Gasteiger partial charge on any atom is -0.271 e. The van der Waals surface area contributed by atoms with Crippen LogP contribution in [0, 0.1) is 33.5 Å². The zero-order valence-electron chi connectivity index (χ0n) is 22.0. The van der Waals surface area contributed by atoms with Gasteiger partial charge in [-0.2, -0.15) is 10.5 Å². The molecule has 2 aromatic carbocycles. The fourth-order valence-corrected chi connectivity index (χ4v) is 4.99. The molecule has 0 aromatic heterocycles. The number of rotatable bonds is 6. The van der Waals surface area contributed by atoms with E-state index in [0.29, 0.717) is 24.5 Å². The zero-order chi connectivity index (χ0) is 26.5. The van der Waals surface area contributed by atoms with Crippen molar-refractivity contribution in [3.8, 4) is 12.1 Å². The molecule has 2 aliphatic rings. The summed E-state index contributed by atoms with van der Waals surface area (Å²) >= 11 is 0. The summed E-state index contributed by atoms with van der Waals surface area (Å²) in [6.45, 7) is 14.7. The van der Waals surface area contributed by atoms with E-state index in [1.807, 2.05) is 34.3 Å². The van der Waals surface area contributed by atoms with E-state index in [1.165, 1.54) is 0 Å². The first-order chi connectivity index (χ1) is 17.6. The number of hydrogen-bond acceptors (Lipinski definition) is 8. The molecule has 2 aromatic rings. The van der Waals surface area contributed by atoms with Crippen molar-refractivity contribution in [3.05, 3.63) is 59.7 Å². The van der Waals surface area contributed by atoms with Crippen molar-refractivity contribution in [1.29, 1.82) is 10.5 Å². The third-order valence-corrected chi connectivity index (χ3v) is 6.22. The number of nitrogens with zero attached hydrogens (tertiary/aromatic N) is 10. The quantitative estimate of drug-likeness (QED) is 0.501. The molecule has 0 radical (unpaired) electrons. The lowest BCUT2D eigenvalue weighted by Crippen LogP contribution is -2.58. The van der Waals surface area contributed by atoms with Gasteiger partial charge in [-0.1, -0.05) is 38.1 Å². The summed E-state index contributed by atoms with van der Waals surface area (Å²) in [7, 11) is 0. The van der Waals surface area contributed by atoms with Crippen LogP contribution in [0.2, 0.25) is 0 Å². The van der Waals surface area contributed by atoms with Crippen LogP contribution in [0.3, 0.4) is 0 Å². The van der Waals surface area contributed by atoms with Gasteiger partial charge in [-0.05, 0) is 59.4 Å².